The van der Waals surface area contributed by atoms with E-state index in [-0.39, 0.29) is 36.5 Å². The average molecular weight is 441 g/mol. The number of halogens is 3. The van der Waals surface area contributed by atoms with E-state index in [1.165, 1.54) is 30.3 Å². The minimum Gasteiger partial charge on any atom is -0.390 e. The molecular weight excluding hydrogens is 422 g/mol. The standard InChI is InChI=1S/C24H19ClF2N2O2/c25-19-5-1-3-16(11-19)14-29(24(30)18-4-2-6-21(27)12-18)15-22-13-23(28-31-22)17-7-9-20(26)10-8-17/h1-12,22H,13-15H2/t22-/m1/s1. The molecule has 158 valence electrons. The lowest BCUT2D eigenvalue weighted by Crippen LogP contribution is -2.37. The zero-order chi connectivity index (χ0) is 21.8. The minimum absolute atomic E-state index is 0.246. The van der Waals surface area contributed by atoms with Crippen LogP contribution in [-0.2, 0) is 11.4 Å². The molecule has 0 fully saturated rings. The van der Waals surface area contributed by atoms with Crippen LogP contribution in [0.15, 0.2) is 78.0 Å². The van der Waals surface area contributed by atoms with E-state index in [0.717, 1.165) is 11.1 Å². The van der Waals surface area contributed by atoms with Gasteiger partial charge in [-0.15, -0.1) is 0 Å². The molecule has 0 N–H and O–H groups in total. The van der Waals surface area contributed by atoms with E-state index in [1.807, 2.05) is 12.1 Å². The highest BCUT2D eigenvalue weighted by Gasteiger charge is 2.27. The Morgan fingerprint density at radius 2 is 1.81 bits per heavy atom. The van der Waals surface area contributed by atoms with Gasteiger partial charge in [-0.2, -0.15) is 0 Å². The summed E-state index contributed by atoms with van der Waals surface area (Å²) in [5.74, 6) is -1.13. The van der Waals surface area contributed by atoms with E-state index >= 15 is 0 Å². The van der Waals surface area contributed by atoms with Crippen molar-refractivity contribution in [3.8, 4) is 0 Å². The second-order valence-electron chi connectivity index (χ2n) is 7.30. The van der Waals surface area contributed by atoms with E-state index in [9.17, 15) is 13.6 Å². The monoisotopic (exact) mass is 440 g/mol. The maximum Gasteiger partial charge on any atom is 0.254 e. The highest BCUT2D eigenvalue weighted by atomic mass is 35.5. The van der Waals surface area contributed by atoms with Gasteiger partial charge in [0.15, 0.2) is 6.10 Å². The van der Waals surface area contributed by atoms with Crippen molar-refractivity contribution in [3.05, 3.63) is 106 Å². The van der Waals surface area contributed by atoms with Crippen LogP contribution < -0.4 is 0 Å². The number of oxime groups is 1. The van der Waals surface area contributed by atoms with E-state index < -0.39 is 5.82 Å². The third kappa shape index (κ3) is 5.27. The van der Waals surface area contributed by atoms with Crippen LogP contribution >= 0.6 is 11.6 Å². The maximum atomic E-state index is 13.7. The fourth-order valence-electron chi connectivity index (χ4n) is 3.46. The first-order chi connectivity index (χ1) is 15.0. The van der Waals surface area contributed by atoms with Gasteiger partial charge in [0.2, 0.25) is 0 Å². The van der Waals surface area contributed by atoms with Crippen molar-refractivity contribution in [2.75, 3.05) is 6.54 Å². The van der Waals surface area contributed by atoms with Gasteiger partial charge >= 0.3 is 0 Å². The van der Waals surface area contributed by atoms with Gasteiger partial charge < -0.3 is 9.74 Å². The zero-order valence-corrected chi connectivity index (χ0v) is 17.2. The molecule has 0 unspecified atom stereocenters. The molecule has 3 aromatic carbocycles. The summed E-state index contributed by atoms with van der Waals surface area (Å²) in [5, 5.41) is 4.68. The molecule has 1 aliphatic heterocycles. The van der Waals surface area contributed by atoms with Crippen molar-refractivity contribution in [2.24, 2.45) is 5.16 Å². The fraction of sp³-hybridized carbons (Fsp3) is 0.167. The Kier molecular flexibility index (Phi) is 6.28. The molecule has 4 rings (SSSR count). The average Bonchev–Trinajstić information content (AvgIpc) is 3.22. The number of hydrogen-bond donors (Lipinski definition) is 0. The van der Waals surface area contributed by atoms with Gasteiger partial charge in [0.25, 0.3) is 5.91 Å². The lowest BCUT2D eigenvalue weighted by Gasteiger charge is -2.25. The molecule has 1 aliphatic rings. The summed E-state index contributed by atoms with van der Waals surface area (Å²) in [5.41, 5.74) is 2.54. The first-order valence-electron chi connectivity index (χ1n) is 9.76. The van der Waals surface area contributed by atoms with Crippen molar-refractivity contribution in [2.45, 2.75) is 19.1 Å². The number of nitrogens with zero attached hydrogens (tertiary/aromatic N) is 2. The molecule has 7 heteroatoms. The van der Waals surface area contributed by atoms with Crippen LogP contribution in [0.4, 0.5) is 8.78 Å². The number of amides is 1. The molecule has 0 saturated carbocycles. The van der Waals surface area contributed by atoms with Crippen molar-refractivity contribution >= 4 is 23.2 Å². The number of hydrogen-bond acceptors (Lipinski definition) is 3. The number of carbonyl (C=O) groups is 1. The first-order valence-corrected chi connectivity index (χ1v) is 10.1. The third-order valence-corrected chi connectivity index (χ3v) is 5.19. The summed E-state index contributed by atoms with van der Waals surface area (Å²) in [6.07, 6.45) is 0.0884. The van der Waals surface area contributed by atoms with Crippen LogP contribution in [0.3, 0.4) is 0 Å². The predicted octanol–water partition coefficient (Wildman–Crippen LogP) is 5.45. The number of rotatable bonds is 6. The van der Waals surface area contributed by atoms with Gasteiger partial charge in [0.05, 0.1) is 12.3 Å². The molecule has 4 nitrogen and oxygen atoms in total. The van der Waals surface area contributed by atoms with Crippen LogP contribution in [0.25, 0.3) is 0 Å². The Morgan fingerprint density at radius 3 is 2.55 bits per heavy atom. The zero-order valence-electron chi connectivity index (χ0n) is 16.5. The van der Waals surface area contributed by atoms with Gasteiger partial charge in [-0.3, -0.25) is 4.79 Å². The molecule has 0 aromatic heterocycles. The SMILES string of the molecule is O=C(c1cccc(F)c1)N(Cc1cccc(Cl)c1)C[C@H]1CC(c2ccc(F)cc2)=NO1. The molecule has 1 amide bonds. The van der Waals surface area contributed by atoms with E-state index in [0.29, 0.717) is 17.2 Å². The van der Waals surface area contributed by atoms with Crippen molar-refractivity contribution in [1.82, 2.24) is 4.90 Å². The summed E-state index contributed by atoms with van der Waals surface area (Å²) in [7, 11) is 0. The summed E-state index contributed by atoms with van der Waals surface area (Å²) in [4.78, 5) is 20.3. The lowest BCUT2D eigenvalue weighted by atomic mass is 10.0. The normalized spacial score (nSPS) is 15.3. The molecule has 0 aliphatic carbocycles. The summed E-state index contributed by atoms with van der Waals surface area (Å²) < 4.78 is 26.9. The minimum atomic E-state index is -0.479. The van der Waals surface area contributed by atoms with Crippen LogP contribution in [-0.4, -0.2) is 29.2 Å². The van der Waals surface area contributed by atoms with E-state index in [1.54, 1.807) is 35.2 Å². The molecule has 31 heavy (non-hydrogen) atoms. The number of benzene rings is 3. The fourth-order valence-corrected chi connectivity index (χ4v) is 3.68. The van der Waals surface area contributed by atoms with Crippen molar-refractivity contribution < 1.29 is 18.4 Å². The number of carbonyl (C=O) groups excluding carboxylic acids is 1. The quantitative estimate of drug-likeness (QED) is 0.511. The van der Waals surface area contributed by atoms with E-state index in [2.05, 4.69) is 5.16 Å². The van der Waals surface area contributed by atoms with Gasteiger partial charge in [-0.25, -0.2) is 8.78 Å². The first kappa shape index (κ1) is 21.0. The van der Waals surface area contributed by atoms with Crippen molar-refractivity contribution in [1.29, 1.82) is 0 Å². The molecular formula is C24H19ClF2N2O2. The van der Waals surface area contributed by atoms with Gasteiger partial charge in [0, 0.05) is 23.6 Å². The van der Waals surface area contributed by atoms with E-state index in [4.69, 9.17) is 16.4 Å². The Balaban J connectivity index is 1.52. The highest BCUT2D eigenvalue weighted by molar-refractivity contribution is 6.30. The molecule has 0 saturated heterocycles. The summed E-state index contributed by atoms with van der Waals surface area (Å²) in [6, 6.07) is 18.8. The molecule has 0 bridgehead atoms. The predicted molar refractivity (Wildman–Crippen MR) is 115 cm³/mol. The Morgan fingerprint density at radius 1 is 1.03 bits per heavy atom. The van der Waals surface area contributed by atoms with Crippen LogP contribution in [0.5, 0.6) is 0 Å². The second-order valence-corrected chi connectivity index (χ2v) is 7.74. The van der Waals surface area contributed by atoms with Crippen LogP contribution in [0.1, 0.15) is 27.9 Å². The van der Waals surface area contributed by atoms with Crippen LogP contribution in [0, 0.1) is 11.6 Å². The molecule has 0 radical (unpaired) electrons. The summed E-state index contributed by atoms with van der Waals surface area (Å²) >= 11 is 6.09. The Hall–Kier alpha value is -3.25. The van der Waals surface area contributed by atoms with Gasteiger partial charge in [-0.05, 0) is 53.6 Å². The van der Waals surface area contributed by atoms with Gasteiger partial charge in [0.1, 0.15) is 11.6 Å². The largest absolute Gasteiger partial charge is 0.390 e. The molecule has 1 atom stereocenters. The topological polar surface area (TPSA) is 41.9 Å². The van der Waals surface area contributed by atoms with Crippen LogP contribution in [0.2, 0.25) is 5.02 Å². The highest BCUT2D eigenvalue weighted by Crippen LogP contribution is 2.21. The smallest absolute Gasteiger partial charge is 0.254 e. The maximum absolute atomic E-state index is 13.7. The Labute approximate surface area is 183 Å². The molecule has 3 aromatic rings. The lowest BCUT2D eigenvalue weighted by molar-refractivity contribution is 0.0405. The van der Waals surface area contributed by atoms with Gasteiger partial charge in [-0.1, -0.05) is 47.1 Å². The van der Waals surface area contributed by atoms with Crippen molar-refractivity contribution in [3.63, 3.8) is 0 Å². The Bertz CT molecular complexity index is 1120. The second kappa shape index (κ2) is 9.27. The molecule has 0 spiro atoms. The third-order valence-electron chi connectivity index (χ3n) is 4.96. The summed E-state index contributed by atoms with van der Waals surface area (Å²) in [6.45, 7) is 0.525. The molecule has 1 heterocycles.